The van der Waals surface area contributed by atoms with Crippen molar-refractivity contribution < 1.29 is 5.11 Å². The average Bonchev–Trinajstić information content (AvgIpc) is 2.44. The van der Waals surface area contributed by atoms with Crippen LogP contribution in [-0.2, 0) is 0 Å². The third-order valence-electron chi connectivity index (χ3n) is 2.73. The summed E-state index contributed by atoms with van der Waals surface area (Å²) < 4.78 is 0. The summed E-state index contributed by atoms with van der Waals surface area (Å²) in [6.45, 7) is 0.944. The number of aromatic nitrogens is 2. The summed E-state index contributed by atoms with van der Waals surface area (Å²) in [7, 11) is 0. The van der Waals surface area contributed by atoms with E-state index >= 15 is 0 Å². The number of anilines is 1. The summed E-state index contributed by atoms with van der Waals surface area (Å²) in [4.78, 5) is 8.62. The fourth-order valence-electron chi connectivity index (χ4n) is 1.74. The molecule has 0 aliphatic heterocycles. The third-order valence-corrected chi connectivity index (χ3v) is 3.36. The van der Waals surface area contributed by atoms with Gasteiger partial charge in [-0.1, -0.05) is 29.3 Å². The average molecular weight is 312 g/mol. The number of unbranched alkanes of at least 4 members (excludes halogenated alkanes) is 1. The largest absolute Gasteiger partial charge is 0.396 e. The Morgan fingerprint density at radius 3 is 2.55 bits per heavy atom. The second kappa shape index (κ2) is 7.43. The highest BCUT2D eigenvalue weighted by Crippen LogP contribution is 2.32. The van der Waals surface area contributed by atoms with E-state index in [0.717, 1.165) is 19.4 Å². The standard InChI is InChI=1S/C14H15Cl2N3O/c15-10-4-3-5-11(16)13(10)14-18-8-6-12(19-14)17-7-1-2-9-20/h3-6,8,20H,1-2,7,9H2,(H,17,18,19). The molecule has 0 amide bonds. The van der Waals surface area contributed by atoms with Crippen LogP contribution in [0, 0.1) is 0 Å². The van der Waals surface area contributed by atoms with Gasteiger partial charge in [-0.2, -0.15) is 0 Å². The molecule has 0 saturated heterocycles. The Labute approximate surface area is 127 Å². The molecule has 0 spiro atoms. The van der Waals surface area contributed by atoms with Crippen molar-refractivity contribution in [2.75, 3.05) is 18.5 Å². The summed E-state index contributed by atoms with van der Waals surface area (Å²) in [5, 5.41) is 13.0. The highest BCUT2D eigenvalue weighted by molar-refractivity contribution is 6.38. The minimum atomic E-state index is 0.200. The number of nitrogens with zero attached hydrogens (tertiary/aromatic N) is 2. The topological polar surface area (TPSA) is 58.0 Å². The van der Waals surface area contributed by atoms with Crippen molar-refractivity contribution in [3.63, 3.8) is 0 Å². The van der Waals surface area contributed by atoms with Crippen LogP contribution in [0.5, 0.6) is 0 Å². The van der Waals surface area contributed by atoms with E-state index in [-0.39, 0.29) is 6.61 Å². The molecule has 2 rings (SSSR count). The highest BCUT2D eigenvalue weighted by atomic mass is 35.5. The molecule has 0 aliphatic carbocycles. The summed E-state index contributed by atoms with van der Waals surface area (Å²) in [6.07, 6.45) is 3.31. The van der Waals surface area contributed by atoms with Crippen molar-refractivity contribution in [3.8, 4) is 11.4 Å². The SMILES string of the molecule is OCCCCNc1ccnc(-c2c(Cl)cccc2Cl)n1. The Morgan fingerprint density at radius 1 is 1.10 bits per heavy atom. The Balaban J connectivity index is 2.17. The van der Waals surface area contributed by atoms with Crippen molar-refractivity contribution in [3.05, 3.63) is 40.5 Å². The van der Waals surface area contributed by atoms with Gasteiger partial charge in [-0.05, 0) is 31.0 Å². The van der Waals surface area contributed by atoms with E-state index in [0.29, 0.717) is 27.3 Å². The first kappa shape index (κ1) is 15.0. The summed E-state index contributed by atoms with van der Waals surface area (Å²) in [6, 6.07) is 7.08. The van der Waals surface area contributed by atoms with Gasteiger partial charge in [-0.15, -0.1) is 0 Å². The first-order chi connectivity index (χ1) is 9.72. The predicted molar refractivity (Wildman–Crippen MR) is 82.3 cm³/mol. The number of hydrogen-bond acceptors (Lipinski definition) is 4. The quantitative estimate of drug-likeness (QED) is 0.800. The minimum Gasteiger partial charge on any atom is -0.396 e. The lowest BCUT2D eigenvalue weighted by Crippen LogP contribution is -2.05. The van der Waals surface area contributed by atoms with Crippen LogP contribution in [0.4, 0.5) is 5.82 Å². The van der Waals surface area contributed by atoms with E-state index in [4.69, 9.17) is 28.3 Å². The van der Waals surface area contributed by atoms with Crippen LogP contribution in [0.3, 0.4) is 0 Å². The molecule has 106 valence electrons. The lowest BCUT2D eigenvalue weighted by Gasteiger charge is -2.08. The van der Waals surface area contributed by atoms with Gasteiger partial charge in [0.25, 0.3) is 0 Å². The Hall–Kier alpha value is -1.36. The molecule has 0 atom stereocenters. The smallest absolute Gasteiger partial charge is 0.164 e. The number of nitrogens with one attached hydrogen (secondary N) is 1. The molecule has 1 heterocycles. The van der Waals surface area contributed by atoms with Crippen LogP contribution >= 0.6 is 23.2 Å². The molecule has 1 aromatic heterocycles. The van der Waals surface area contributed by atoms with E-state index in [1.165, 1.54) is 0 Å². The summed E-state index contributed by atoms with van der Waals surface area (Å²) >= 11 is 12.3. The van der Waals surface area contributed by atoms with Crippen molar-refractivity contribution >= 4 is 29.0 Å². The van der Waals surface area contributed by atoms with Gasteiger partial charge < -0.3 is 10.4 Å². The summed E-state index contributed by atoms with van der Waals surface area (Å²) in [5.74, 6) is 1.21. The minimum absolute atomic E-state index is 0.200. The number of aliphatic hydroxyl groups excluding tert-OH is 1. The van der Waals surface area contributed by atoms with Crippen molar-refractivity contribution in [1.82, 2.24) is 9.97 Å². The van der Waals surface area contributed by atoms with Gasteiger partial charge in [0.05, 0.1) is 15.6 Å². The van der Waals surface area contributed by atoms with Gasteiger partial charge in [-0.3, -0.25) is 0 Å². The zero-order chi connectivity index (χ0) is 14.4. The molecule has 0 saturated carbocycles. The fraction of sp³-hybridized carbons (Fsp3) is 0.286. The van der Waals surface area contributed by atoms with Crippen LogP contribution in [0.25, 0.3) is 11.4 Å². The third kappa shape index (κ3) is 3.82. The van der Waals surface area contributed by atoms with Gasteiger partial charge in [0.2, 0.25) is 0 Å². The van der Waals surface area contributed by atoms with E-state index in [9.17, 15) is 0 Å². The van der Waals surface area contributed by atoms with Gasteiger partial charge in [0, 0.05) is 19.3 Å². The molecule has 0 aliphatic rings. The monoisotopic (exact) mass is 311 g/mol. The number of benzene rings is 1. The van der Waals surface area contributed by atoms with Gasteiger partial charge in [0.1, 0.15) is 5.82 Å². The Bertz CT molecular complexity index is 558. The molecule has 2 aromatic rings. The van der Waals surface area contributed by atoms with Crippen molar-refractivity contribution in [2.24, 2.45) is 0 Å². The van der Waals surface area contributed by atoms with Crippen molar-refractivity contribution in [2.45, 2.75) is 12.8 Å². The Kier molecular flexibility index (Phi) is 5.59. The van der Waals surface area contributed by atoms with Crippen molar-refractivity contribution in [1.29, 1.82) is 0 Å². The maximum Gasteiger partial charge on any atom is 0.164 e. The normalized spacial score (nSPS) is 10.6. The van der Waals surface area contributed by atoms with Gasteiger partial charge >= 0.3 is 0 Å². The molecule has 2 N–H and O–H groups in total. The first-order valence-electron chi connectivity index (χ1n) is 6.34. The number of hydrogen-bond donors (Lipinski definition) is 2. The molecular weight excluding hydrogens is 297 g/mol. The molecule has 0 bridgehead atoms. The highest BCUT2D eigenvalue weighted by Gasteiger charge is 2.11. The maximum absolute atomic E-state index is 8.73. The van der Waals surface area contributed by atoms with Crippen LogP contribution in [-0.4, -0.2) is 28.2 Å². The Morgan fingerprint density at radius 2 is 1.85 bits per heavy atom. The van der Waals surface area contributed by atoms with E-state index in [2.05, 4.69) is 15.3 Å². The molecule has 20 heavy (non-hydrogen) atoms. The van der Waals surface area contributed by atoms with E-state index in [1.54, 1.807) is 30.5 Å². The first-order valence-corrected chi connectivity index (χ1v) is 7.10. The zero-order valence-electron chi connectivity index (χ0n) is 10.8. The van der Waals surface area contributed by atoms with E-state index in [1.807, 2.05) is 0 Å². The number of halogens is 2. The molecule has 6 heteroatoms. The number of aliphatic hydroxyl groups is 1. The van der Waals surface area contributed by atoms with Crippen LogP contribution in [0.2, 0.25) is 10.0 Å². The molecule has 1 aromatic carbocycles. The second-order valence-electron chi connectivity index (χ2n) is 4.22. The number of rotatable bonds is 6. The fourth-order valence-corrected chi connectivity index (χ4v) is 2.31. The lowest BCUT2D eigenvalue weighted by molar-refractivity contribution is 0.286. The summed E-state index contributed by atoms with van der Waals surface area (Å²) in [5.41, 5.74) is 0.634. The van der Waals surface area contributed by atoms with Crippen LogP contribution in [0.1, 0.15) is 12.8 Å². The molecule has 0 fully saturated rings. The molecule has 4 nitrogen and oxygen atoms in total. The second-order valence-corrected chi connectivity index (χ2v) is 5.03. The van der Waals surface area contributed by atoms with Crippen LogP contribution < -0.4 is 5.32 Å². The lowest BCUT2D eigenvalue weighted by atomic mass is 10.2. The van der Waals surface area contributed by atoms with E-state index < -0.39 is 0 Å². The van der Waals surface area contributed by atoms with Gasteiger partial charge in [0.15, 0.2) is 5.82 Å². The zero-order valence-corrected chi connectivity index (χ0v) is 12.3. The van der Waals surface area contributed by atoms with Crippen LogP contribution in [0.15, 0.2) is 30.5 Å². The molecule has 0 radical (unpaired) electrons. The molecular formula is C14H15Cl2N3O. The maximum atomic E-state index is 8.73. The molecule has 0 unspecified atom stereocenters. The van der Waals surface area contributed by atoms with Gasteiger partial charge in [-0.25, -0.2) is 9.97 Å². The predicted octanol–water partition coefficient (Wildman–Crippen LogP) is 3.63.